The van der Waals surface area contributed by atoms with E-state index in [2.05, 4.69) is 5.32 Å². The smallest absolute Gasteiger partial charge is 0.291 e. The topological polar surface area (TPSA) is 51.5 Å². The van der Waals surface area contributed by atoms with Crippen LogP contribution >= 0.6 is 23.2 Å². The Morgan fingerprint density at radius 3 is 2.58 bits per heavy atom. The van der Waals surface area contributed by atoms with Crippen LogP contribution in [0.25, 0.3) is 0 Å². The number of carbonyl (C=O) groups excluding carboxylic acids is 1. The molecule has 3 aromatic rings. The van der Waals surface area contributed by atoms with Gasteiger partial charge in [0.05, 0.1) is 5.02 Å². The molecule has 0 aliphatic heterocycles. The molecular formula is C18H13Cl2NO3. The van der Waals surface area contributed by atoms with Crippen molar-refractivity contribution in [2.24, 2.45) is 0 Å². The summed E-state index contributed by atoms with van der Waals surface area (Å²) in [5, 5.41) is 3.50. The molecule has 1 amide bonds. The van der Waals surface area contributed by atoms with E-state index in [0.717, 1.165) is 0 Å². The molecule has 3 rings (SSSR count). The summed E-state index contributed by atoms with van der Waals surface area (Å²) in [6, 6.07) is 17.5. The minimum Gasteiger partial charge on any atom is -0.484 e. The van der Waals surface area contributed by atoms with E-state index in [0.29, 0.717) is 27.2 Å². The van der Waals surface area contributed by atoms with Crippen LogP contribution < -0.4 is 10.1 Å². The fourth-order valence-corrected chi connectivity index (χ4v) is 2.38. The molecule has 0 aliphatic carbocycles. The van der Waals surface area contributed by atoms with Gasteiger partial charge < -0.3 is 14.5 Å². The second kappa shape index (κ2) is 7.43. The number of para-hydroxylation sites is 1. The molecule has 1 N–H and O–H groups in total. The molecule has 6 heteroatoms. The number of carbonyl (C=O) groups is 1. The molecule has 4 nitrogen and oxygen atoms in total. The molecule has 0 unspecified atom stereocenters. The number of anilines is 1. The molecule has 0 fully saturated rings. The maximum absolute atomic E-state index is 12.1. The lowest BCUT2D eigenvalue weighted by molar-refractivity contribution is 0.0992. The standard InChI is InChI=1S/C18H13Cl2NO3/c19-14-7-4-8-15(17(14)20)23-11-13-9-10-16(24-13)18(22)21-12-5-2-1-3-6-12/h1-10H,11H2,(H,21,22). The predicted octanol–water partition coefficient (Wildman–Crippen LogP) is 5.42. The second-order valence-electron chi connectivity index (χ2n) is 4.93. The SMILES string of the molecule is O=C(Nc1ccccc1)c1ccc(COc2cccc(Cl)c2Cl)o1. The maximum atomic E-state index is 12.1. The first-order chi connectivity index (χ1) is 11.6. The Bertz CT molecular complexity index is 846. The quantitative estimate of drug-likeness (QED) is 0.660. The highest BCUT2D eigenvalue weighted by atomic mass is 35.5. The van der Waals surface area contributed by atoms with Gasteiger partial charge in [0, 0.05) is 5.69 Å². The van der Waals surface area contributed by atoms with Crippen molar-refractivity contribution in [3.63, 3.8) is 0 Å². The predicted molar refractivity (Wildman–Crippen MR) is 93.9 cm³/mol. The van der Waals surface area contributed by atoms with Gasteiger partial charge in [0.25, 0.3) is 5.91 Å². The first-order valence-corrected chi connectivity index (χ1v) is 7.91. The molecule has 1 aromatic heterocycles. The van der Waals surface area contributed by atoms with Gasteiger partial charge >= 0.3 is 0 Å². The summed E-state index contributed by atoms with van der Waals surface area (Å²) < 4.78 is 11.1. The van der Waals surface area contributed by atoms with Crippen LogP contribution in [0, 0.1) is 0 Å². The molecular weight excluding hydrogens is 349 g/mol. The molecule has 0 spiro atoms. The number of furan rings is 1. The lowest BCUT2D eigenvalue weighted by Gasteiger charge is -2.07. The summed E-state index contributed by atoms with van der Waals surface area (Å²) in [6.07, 6.45) is 0. The van der Waals surface area contributed by atoms with Crippen LogP contribution in [0.4, 0.5) is 5.69 Å². The molecule has 1 heterocycles. The van der Waals surface area contributed by atoms with Crippen LogP contribution in [0.2, 0.25) is 10.0 Å². The fourth-order valence-electron chi connectivity index (χ4n) is 2.04. The van der Waals surface area contributed by atoms with Crippen molar-refractivity contribution >= 4 is 34.8 Å². The monoisotopic (exact) mass is 361 g/mol. The number of amides is 1. The number of nitrogens with one attached hydrogen (secondary N) is 1. The minimum atomic E-state index is -0.326. The van der Waals surface area contributed by atoms with Crippen LogP contribution in [-0.2, 0) is 6.61 Å². The Morgan fingerprint density at radius 1 is 1.00 bits per heavy atom. The largest absolute Gasteiger partial charge is 0.484 e. The molecule has 24 heavy (non-hydrogen) atoms. The Morgan fingerprint density at radius 2 is 1.79 bits per heavy atom. The van der Waals surface area contributed by atoms with E-state index >= 15 is 0 Å². The number of rotatable bonds is 5. The van der Waals surface area contributed by atoms with Gasteiger partial charge in [0.2, 0.25) is 0 Å². The minimum absolute atomic E-state index is 0.138. The second-order valence-corrected chi connectivity index (χ2v) is 5.71. The van der Waals surface area contributed by atoms with Crippen LogP contribution in [0.3, 0.4) is 0 Å². The summed E-state index contributed by atoms with van der Waals surface area (Å²) in [5.41, 5.74) is 0.697. The van der Waals surface area contributed by atoms with E-state index < -0.39 is 0 Å². The van der Waals surface area contributed by atoms with Crippen molar-refractivity contribution in [1.82, 2.24) is 0 Å². The summed E-state index contributed by atoms with van der Waals surface area (Å²) >= 11 is 12.0. The highest BCUT2D eigenvalue weighted by molar-refractivity contribution is 6.42. The molecule has 0 atom stereocenters. The maximum Gasteiger partial charge on any atom is 0.291 e. The molecule has 0 radical (unpaired) electrons. The number of benzene rings is 2. The summed E-state index contributed by atoms with van der Waals surface area (Å²) in [6.45, 7) is 0.138. The van der Waals surface area contributed by atoms with Gasteiger partial charge in [-0.25, -0.2) is 0 Å². The summed E-state index contributed by atoms with van der Waals surface area (Å²) in [5.74, 6) is 0.836. The van der Waals surface area contributed by atoms with Gasteiger partial charge in [-0.05, 0) is 36.4 Å². The number of ether oxygens (including phenoxy) is 1. The van der Waals surface area contributed by atoms with Crippen molar-refractivity contribution in [3.05, 3.63) is 82.2 Å². The van der Waals surface area contributed by atoms with Crippen molar-refractivity contribution in [2.75, 3.05) is 5.32 Å². The van der Waals surface area contributed by atoms with E-state index in [1.54, 1.807) is 42.5 Å². The molecule has 0 bridgehead atoms. The Hall–Kier alpha value is -2.43. The van der Waals surface area contributed by atoms with Gasteiger partial charge in [-0.1, -0.05) is 47.5 Å². The Labute approximate surface area is 149 Å². The van der Waals surface area contributed by atoms with Crippen LogP contribution in [0.5, 0.6) is 5.75 Å². The van der Waals surface area contributed by atoms with Crippen LogP contribution in [-0.4, -0.2) is 5.91 Å². The highest BCUT2D eigenvalue weighted by Crippen LogP contribution is 2.32. The average Bonchev–Trinajstić information content (AvgIpc) is 3.06. The number of hydrogen-bond acceptors (Lipinski definition) is 3. The third-order valence-electron chi connectivity index (χ3n) is 3.20. The third-order valence-corrected chi connectivity index (χ3v) is 4.00. The van der Waals surface area contributed by atoms with Crippen LogP contribution in [0.15, 0.2) is 65.1 Å². The Kier molecular flexibility index (Phi) is 5.08. The molecule has 0 aliphatic rings. The first kappa shape index (κ1) is 16.4. The van der Waals surface area contributed by atoms with Gasteiger partial charge in [0.15, 0.2) is 5.76 Å². The molecule has 0 saturated carbocycles. The summed E-state index contributed by atoms with van der Waals surface area (Å²) in [7, 11) is 0. The van der Waals surface area contributed by atoms with E-state index in [4.69, 9.17) is 32.4 Å². The third kappa shape index (κ3) is 3.91. The zero-order chi connectivity index (χ0) is 16.9. The normalized spacial score (nSPS) is 10.4. The van der Waals surface area contributed by atoms with Gasteiger partial charge in [-0.2, -0.15) is 0 Å². The van der Waals surface area contributed by atoms with Crippen LogP contribution in [0.1, 0.15) is 16.3 Å². The van der Waals surface area contributed by atoms with Crippen molar-refractivity contribution < 1.29 is 13.9 Å². The van der Waals surface area contributed by atoms with Crippen molar-refractivity contribution in [3.8, 4) is 5.75 Å². The molecule has 0 saturated heterocycles. The molecule has 122 valence electrons. The lowest BCUT2D eigenvalue weighted by atomic mass is 10.3. The van der Waals surface area contributed by atoms with E-state index in [1.807, 2.05) is 18.2 Å². The highest BCUT2D eigenvalue weighted by Gasteiger charge is 2.12. The zero-order valence-electron chi connectivity index (χ0n) is 12.5. The van der Waals surface area contributed by atoms with Crippen molar-refractivity contribution in [1.29, 1.82) is 0 Å². The summed E-state index contributed by atoms with van der Waals surface area (Å²) in [4.78, 5) is 12.1. The van der Waals surface area contributed by atoms with E-state index in [9.17, 15) is 4.79 Å². The average molecular weight is 362 g/mol. The van der Waals surface area contributed by atoms with Crippen molar-refractivity contribution in [2.45, 2.75) is 6.61 Å². The fraction of sp³-hybridized carbons (Fsp3) is 0.0556. The van der Waals surface area contributed by atoms with Gasteiger partial charge in [-0.3, -0.25) is 4.79 Å². The number of halogens is 2. The lowest BCUT2D eigenvalue weighted by Crippen LogP contribution is -2.10. The Balaban J connectivity index is 1.63. The van der Waals surface area contributed by atoms with E-state index in [-0.39, 0.29) is 18.3 Å². The number of hydrogen-bond donors (Lipinski definition) is 1. The van der Waals surface area contributed by atoms with E-state index in [1.165, 1.54) is 0 Å². The molecule has 2 aromatic carbocycles. The van der Waals surface area contributed by atoms with Gasteiger partial charge in [-0.15, -0.1) is 0 Å². The zero-order valence-corrected chi connectivity index (χ0v) is 14.0. The first-order valence-electron chi connectivity index (χ1n) is 7.15. The van der Waals surface area contributed by atoms with Gasteiger partial charge in [0.1, 0.15) is 23.1 Å².